The smallest absolute Gasteiger partial charge is 0.279 e. The van der Waals surface area contributed by atoms with Gasteiger partial charge < -0.3 is 0 Å². The van der Waals surface area contributed by atoms with Crippen LogP contribution < -0.4 is 10.6 Å². The summed E-state index contributed by atoms with van der Waals surface area (Å²) in [5.74, 6) is 3.18. The fraction of sp³-hybridized carbons (Fsp3) is 0.381. The Kier molecular flexibility index (Phi) is 19.0. The zero-order valence-electron chi connectivity index (χ0n) is 31.5. The summed E-state index contributed by atoms with van der Waals surface area (Å²) in [4.78, 5) is 0. The predicted octanol–water partition coefficient (Wildman–Crippen LogP) is 10.8. The summed E-state index contributed by atoms with van der Waals surface area (Å²) in [5.41, 5.74) is -0.641. The molecule has 4 aliphatic rings. The fourth-order valence-corrected chi connectivity index (χ4v) is 14.0. The number of hydrogen-bond donors (Lipinski definition) is 1. The monoisotopic (exact) mass is 859 g/mol. The number of fused-ring (bicyclic) bond motifs is 2. The molecule has 6 rings (SSSR count). The van der Waals surface area contributed by atoms with Crippen molar-refractivity contribution in [3.8, 4) is 0 Å². The van der Waals surface area contributed by atoms with Gasteiger partial charge in [0.05, 0.1) is 0 Å². The fourth-order valence-electron chi connectivity index (χ4n) is 6.71. The molecule has 2 bridgehead atoms. The van der Waals surface area contributed by atoms with Crippen LogP contribution in [-0.4, -0.2) is 34.5 Å². The summed E-state index contributed by atoms with van der Waals surface area (Å²) in [5, 5.41) is 3.57. The van der Waals surface area contributed by atoms with Crippen LogP contribution in [0.15, 0.2) is 48.5 Å². The summed E-state index contributed by atoms with van der Waals surface area (Å²) in [6, 6.07) is 18.0. The SMILES string of the molecule is Cc1ccccc1P(c1ccccc1C)C(C)[C]1[CH][CH][CH][C]1P(C(C)(C)C)C(C)(C)C.O=S(=O)(O)C(F)(F)F.[CH]1[CH]C2[CH][CH]C1C2.[CH]1[CH][CH][CH][CH]1.[Rh+2]. The van der Waals surface area contributed by atoms with Crippen LogP contribution in [0.5, 0.6) is 0 Å². The molecule has 0 heterocycles. The van der Waals surface area contributed by atoms with Crippen LogP contribution in [0.4, 0.5) is 13.2 Å². The summed E-state index contributed by atoms with van der Waals surface area (Å²) in [6.07, 6.45) is 27.7. The van der Waals surface area contributed by atoms with Crippen molar-refractivity contribution in [3.63, 3.8) is 0 Å². The van der Waals surface area contributed by atoms with Gasteiger partial charge >= 0.3 is 35.1 Å². The number of benzene rings is 2. The van der Waals surface area contributed by atoms with Crippen LogP contribution in [0.25, 0.3) is 0 Å². The van der Waals surface area contributed by atoms with E-state index in [0.717, 1.165) is 11.8 Å². The van der Waals surface area contributed by atoms with Crippen molar-refractivity contribution in [2.45, 2.75) is 90.2 Å². The Hall–Kier alpha value is -0.377. The van der Waals surface area contributed by atoms with E-state index < -0.39 is 23.5 Å². The standard InChI is InChI=1S/C29H39P2.C7H8.C5H5.CHF3O3S.Rh/c1-21-15-10-12-18-25(21)30(26-19-13-11-16-22(26)2)23(3)24-17-14-20-27(24)31(28(4,5)6)29(7,8)9;1-2-7-4-3-6(1)5-7;1-2-4-5-3-1;2-1(3,4)8(5,6)7;/h10-20,23H,1-9H3;1-4,6-7H,5H2;1-5H;(H,5,6,7);/q;;;;+2. The quantitative estimate of drug-likeness (QED) is 0.141. The maximum atomic E-state index is 10.7. The Balaban J connectivity index is 0.000000356. The Morgan fingerprint density at radius 2 is 1.06 bits per heavy atom. The second kappa shape index (κ2) is 20.7. The van der Waals surface area contributed by atoms with Crippen molar-refractivity contribution < 1.29 is 45.6 Å². The van der Waals surface area contributed by atoms with Gasteiger partial charge in [-0.25, -0.2) is 0 Å². The summed E-state index contributed by atoms with van der Waals surface area (Å²) < 4.78 is 57.5. The zero-order valence-corrected chi connectivity index (χ0v) is 35.8. The van der Waals surface area contributed by atoms with Gasteiger partial charge in [-0.2, -0.15) is 21.6 Å². The third-order valence-electron chi connectivity index (χ3n) is 8.60. The second-order valence-corrected chi connectivity index (χ2v) is 22.6. The molecule has 3 nitrogen and oxygen atoms in total. The van der Waals surface area contributed by atoms with E-state index in [2.05, 4.69) is 156 Å². The minimum absolute atomic E-state index is 0. The van der Waals surface area contributed by atoms with E-state index in [9.17, 15) is 13.2 Å². The molecule has 4 fully saturated rings. The van der Waals surface area contributed by atoms with E-state index in [4.69, 9.17) is 13.0 Å². The van der Waals surface area contributed by atoms with Crippen molar-refractivity contribution >= 4 is 36.6 Å². The molecule has 2 aromatic carbocycles. The first-order chi connectivity index (χ1) is 23.6. The van der Waals surface area contributed by atoms with Crippen molar-refractivity contribution in [2.75, 3.05) is 0 Å². The zero-order chi connectivity index (χ0) is 38.2. The first kappa shape index (κ1) is 47.8. The molecule has 1 N–H and O–H groups in total. The molecule has 4 saturated carbocycles. The van der Waals surface area contributed by atoms with E-state index in [1.807, 2.05) is 32.1 Å². The molecule has 0 aromatic heterocycles. The van der Waals surface area contributed by atoms with E-state index in [1.54, 1.807) is 11.6 Å². The van der Waals surface area contributed by atoms with E-state index in [0.29, 0.717) is 5.66 Å². The summed E-state index contributed by atoms with van der Waals surface area (Å²) >= 11 is 0. The first-order valence-electron chi connectivity index (χ1n) is 17.2. The van der Waals surface area contributed by atoms with Gasteiger partial charge in [-0.1, -0.05) is 105 Å². The number of rotatable bonds is 5. The molecular weight excluding hydrogens is 806 g/mol. The van der Waals surface area contributed by atoms with Crippen LogP contribution in [0, 0.1) is 114 Å². The van der Waals surface area contributed by atoms with Gasteiger partial charge in [0.2, 0.25) is 0 Å². The third-order valence-corrected chi connectivity index (χ3v) is 15.9. The molecule has 1 atom stereocenters. The van der Waals surface area contributed by atoms with Gasteiger partial charge in [0.25, 0.3) is 0 Å². The molecule has 52 heavy (non-hydrogen) atoms. The third kappa shape index (κ3) is 14.0. The number of aryl methyl sites for hydroxylation is 2. The van der Waals surface area contributed by atoms with Crippen molar-refractivity contribution in [1.29, 1.82) is 0 Å². The minimum atomic E-state index is -5.84. The van der Waals surface area contributed by atoms with Gasteiger partial charge in [-0.3, -0.25) is 4.55 Å². The minimum Gasteiger partial charge on any atom is -0.279 e. The van der Waals surface area contributed by atoms with Crippen LogP contribution in [0.2, 0.25) is 0 Å². The number of halogens is 3. The van der Waals surface area contributed by atoms with Crippen molar-refractivity contribution in [2.24, 2.45) is 11.8 Å². The Bertz CT molecular complexity index is 1380. The molecule has 15 radical (unpaired) electrons. The molecule has 1 unspecified atom stereocenters. The molecule has 0 amide bonds. The molecule has 283 valence electrons. The molecule has 4 aliphatic carbocycles. The molecule has 0 aliphatic heterocycles. The maximum Gasteiger partial charge on any atom is 2.00 e. The van der Waals surface area contributed by atoms with Crippen molar-refractivity contribution in [1.82, 2.24) is 0 Å². The average molecular weight is 860 g/mol. The van der Waals surface area contributed by atoms with Gasteiger partial charge in [-0.15, -0.1) is 0 Å². The summed E-state index contributed by atoms with van der Waals surface area (Å²) in [7, 11) is -6.67. The van der Waals surface area contributed by atoms with Gasteiger partial charge in [0.1, 0.15) is 0 Å². The topological polar surface area (TPSA) is 54.4 Å². The van der Waals surface area contributed by atoms with Gasteiger partial charge in [-0.05, 0) is 161 Å². The second-order valence-electron chi connectivity index (χ2n) is 14.9. The predicted molar refractivity (Wildman–Crippen MR) is 212 cm³/mol. The molecular formula is C42H53F3O3P2RhS+2. The van der Waals surface area contributed by atoms with Crippen LogP contribution >= 0.6 is 15.8 Å². The maximum absolute atomic E-state index is 10.7. The largest absolute Gasteiger partial charge is 2.00 e. The number of hydrogen-bond acceptors (Lipinski definition) is 2. The van der Waals surface area contributed by atoms with E-state index in [-0.39, 0.29) is 37.7 Å². The summed E-state index contributed by atoms with van der Waals surface area (Å²) in [6.45, 7) is 21.6. The van der Waals surface area contributed by atoms with Crippen LogP contribution in [0.3, 0.4) is 0 Å². The molecule has 0 spiro atoms. The molecule has 0 saturated heterocycles. The first-order valence-corrected chi connectivity index (χ1v) is 21.4. The average Bonchev–Trinajstić information content (AvgIpc) is 3.85. The van der Waals surface area contributed by atoms with Crippen LogP contribution in [0.1, 0.15) is 66.0 Å². The normalized spacial score (nSPS) is 21.4. The number of alkyl halides is 3. The Morgan fingerprint density at radius 3 is 1.35 bits per heavy atom. The van der Waals surface area contributed by atoms with Crippen molar-refractivity contribution in [3.05, 3.63) is 148 Å². The van der Waals surface area contributed by atoms with E-state index in [1.165, 1.54) is 28.2 Å². The van der Waals surface area contributed by atoms with E-state index >= 15 is 0 Å². The van der Waals surface area contributed by atoms with Gasteiger partial charge in [0.15, 0.2) is 0 Å². The Morgan fingerprint density at radius 1 is 0.692 bits per heavy atom. The molecule has 10 heteroatoms. The molecule has 2 aromatic rings. The van der Waals surface area contributed by atoms with Gasteiger partial charge in [0, 0.05) is 5.66 Å². The Labute approximate surface area is 330 Å². The van der Waals surface area contributed by atoms with Crippen LogP contribution in [-0.2, 0) is 29.6 Å².